The number of morpholine rings is 1. The van der Waals surface area contributed by atoms with Crippen LogP contribution < -0.4 is 15.4 Å². The smallest absolute Gasteiger partial charge is 0.407 e. The van der Waals surface area contributed by atoms with E-state index in [2.05, 4.69) is 15.5 Å². The summed E-state index contributed by atoms with van der Waals surface area (Å²) in [5.41, 5.74) is 2.86. The van der Waals surface area contributed by atoms with Gasteiger partial charge in [-0.1, -0.05) is 68.5 Å². The molecule has 5 atom stereocenters. The molecule has 0 spiro atoms. The number of fused-ring (bicyclic) bond motifs is 1. The molecule has 49 heavy (non-hydrogen) atoms. The van der Waals surface area contributed by atoms with Gasteiger partial charge in [-0.3, -0.25) is 9.69 Å². The van der Waals surface area contributed by atoms with Crippen LogP contribution in [0, 0.1) is 11.8 Å². The van der Waals surface area contributed by atoms with E-state index >= 15 is 0 Å². The van der Waals surface area contributed by atoms with E-state index in [1.807, 2.05) is 48.5 Å². The molecule has 2 fully saturated rings. The molecule has 2 aromatic rings. The highest BCUT2D eigenvalue weighted by Gasteiger charge is 2.36. The zero-order valence-corrected chi connectivity index (χ0v) is 28.9. The summed E-state index contributed by atoms with van der Waals surface area (Å²) in [4.78, 5) is 29.1. The van der Waals surface area contributed by atoms with E-state index in [4.69, 9.17) is 18.9 Å². The van der Waals surface area contributed by atoms with Crippen LogP contribution in [-0.4, -0.2) is 105 Å². The number of ether oxygens (including phenoxy) is 4. The third-order valence-electron chi connectivity index (χ3n) is 10.2. The molecule has 2 amide bonds. The lowest BCUT2D eigenvalue weighted by Crippen LogP contribution is -2.47. The van der Waals surface area contributed by atoms with Gasteiger partial charge in [-0.05, 0) is 54.0 Å². The fraction of sp³-hybridized carbons (Fsp3) is 0.632. The maximum atomic E-state index is 14.1. The average Bonchev–Trinajstić information content (AvgIpc) is 3.43. The molecule has 270 valence electrons. The van der Waals surface area contributed by atoms with Crippen LogP contribution in [0.2, 0.25) is 0 Å². The Morgan fingerprint density at radius 2 is 1.76 bits per heavy atom. The molecule has 3 unspecified atom stereocenters. The Morgan fingerprint density at radius 3 is 2.51 bits per heavy atom. The number of benzene rings is 2. The topological polar surface area (TPSA) is 139 Å². The van der Waals surface area contributed by atoms with Crippen LogP contribution >= 0.6 is 0 Å². The predicted molar refractivity (Wildman–Crippen MR) is 185 cm³/mol. The first-order valence-corrected chi connectivity index (χ1v) is 18.1. The predicted octanol–water partition coefficient (Wildman–Crippen LogP) is 3.79. The van der Waals surface area contributed by atoms with Crippen molar-refractivity contribution >= 4 is 12.0 Å². The average molecular weight is 682 g/mol. The highest BCUT2D eigenvalue weighted by Crippen LogP contribution is 2.33. The minimum absolute atomic E-state index is 0.109. The molecule has 4 N–H and O–H groups in total. The Labute approximate surface area is 290 Å². The summed E-state index contributed by atoms with van der Waals surface area (Å²) in [5.74, 6) is 0.265. The minimum atomic E-state index is -0.990. The van der Waals surface area contributed by atoms with Crippen LogP contribution in [0.4, 0.5) is 4.79 Å². The summed E-state index contributed by atoms with van der Waals surface area (Å²) in [5, 5.41) is 28.6. The summed E-state index contributed by atoms with van der Waals surface area (Å²) in [6.45, 7) is 5.11. The first-order valence-electron chi connectivity index (χ1n) is 18.1. The number of aliphatic hydroxyl groups is 2. The second kappa shape index (κ2) is 19.2. The van der Waals surface area contributed by atoms with E-state index in [1.165, 1.54) is 6.42 Å². The summed E-state index contributed by atoms with van der Waals surface area (Å²) < 4.78 is 21.7. The molecular weight excluding hydrogens is 626 g/mol. The van der Waals surface area contributed by atoms with Gasteiger partial charge in [-0.15, -0.1) is 0 Å². The van der Waals surface area contributed by atoms with Crippen molar-refractivity contribution in [2.45, 2.75) is 82.1 Å². The lowest BCUT2D eigenvalue weighted by Gasteiger charge is -2.32. The maximum Gasteiger partial charge on any atom is 0.407 e. The third-order valence-corrected chi connectivity index (χ3v) is 10.2. The molecular formula is C38H55N3O8. The highest BCUT2D eigenvalue weighted by atomic mass is 16.6. The van der Waals surface area contributed by atoms with Crippen LogP contribution in [0.5, 0.6) is 5.75 Å². The Morgan fingerprint density at radius 1 is 1.00 bits per heavy atom. The number of amides is 2. The summed E-state index contributed by atoms with van der Waals surface area (Å²) in [6, 6.07) is 14.4. The summed E-state index contributed by atoms with van der Waals surface area (Å²) >= 11 is 0. The van der Waals surface area contributed by atoms with Crippen molar-refractivity contribution in [1.29, 1.82) is 0 Å². The number of hydrogen-bond donors (Lipinski definition) is 4. The Balaban J connectivity index is 1.27. The monoisotopic (exact) mass is 681 g/mol. The maximum absolute atomic E-state index is 14.1. The van der Waals surface area contributed by atoms with Crippen LogP contribution in [-0.2, 0) is 31.8 Å². The van der Waals surface area contributed by atoms with Crippen molar-refractivity contribution in [3.8, 4) is 5.75 Å². The van der Waals surface area contributed by atoms with Crippen LogP contribution in [0.25, 0.3) is 0 Å². The minimum Gasteiger partial charge on any atom is -0.492 e. The first kappa shape index (κ1) is 37.0. The molecule has 11 nitrogen and oxygen atoms in total. The van der Waals surface area contributed by atoms with Gasteiger partial charge in [0.1, 0.15) is 19.0 Å². The molecule has 3 aliphatic rings. The molecule has 0 radical (unpaired) electrons. The normalized spacial score (nSPS) is 21.7. The fourth-order valence-electron chi connectivity index (χ4n) is 7.39. The van der Waals surface area contributed by atoms with Gasteiger partial charge in [0.15, 0.2) is 0 Å². The largest absolute Gasteiger partial charge is 0.492 e. The molecule has 1 aliphatic heterocycles. The van der Waals surface area contributed by atoms with Gasteiger partial charge < -0.3 is 39.8 Å². The number of rotatable bonds is 17. The lowest BCUT2D eigenvalue weighted by atomic mass is 9.82. The Hall–Kier alpha value is -3.22. The van der Waals surface area contributed by atoms with E-state index in [1.54, 1.807) is 7.11 Å². The number of carbonyl (C=O) groups is 2. The van der Waals surface area contributed by atoms with Crippen molar-refractivity contribution in [3.63, 3.8) is 0 Å². The van der Waals surface area contributed by atoms with Gasteiger partial charge in [0, 0.05) is 39.1 Å². The molecule has 11 heteroatoms. The van der Waals surface area contributed by atoms with Crippen molar-refractivity contribution < 1.29 is 38.7 Å². The number of hydrogen-bond acceptors (Lipinski definition) is 9. The highest BCUT2D eigenvalue weighted by molar-refractivity contribution is 5.80. The van der Waals surface area contributed by atoms with Crippen LogP contribution in [0.15, 0.2) is 48.5 Å². The zero-order valence-electron chi connectivity index (χ0n) is 28.9. The molecule has 0 aromatic heterocycles. The third kappa shape index (κ3) is 11.4. The SMILES string of the molecule is COCCOC(=O)NC(CC1CCCCC1)C(O)CC(Cc1ccc(OCCN2CCOCC2)cc1)C(=O)N[C@H]1c2ccccc2C[C@@H]1O. The van der Waals surface area contributed by atoms with E-state index in [9.17, 15) is 19.8 Å². The van der Waals surface area contributed by atoms with Gasteiger partial charge in [0.2, 0.25) is 5.91 Å². The molecule has 1 saturated heterocycles. The van der Waals surface area contributed by atoms with Crippen LogP contribution in [0.1, 0.15) is 67.7 Å². The van der Waals surface area contributed by atoms with Crippen LogP contribution in [0.3, 0.4) is 0 Å². The molecule has 1 heterocycles. The second-order valence-corrected chi connectivity index (χ2v) is 13.7. The number of alkyl carbamates (subject to hydrolysis) is 1. The molecule has 2 aromatic carbocycles. The molecule has 0 bridgehead atoms. The second-order valence-electron chi connectivity index (χ2n) is 13.7. The standard InChI is InChI=1S/C38H55N3O8/c1-46-21-22-49-38(45)39-33(24-27-7-3-2-4-8-27)34(42)26-30(37(44)40-36-32-10-6-5-9-29(32)25-35(36)43)23-28-11-13-31(14-12-28)48-20-17-41-15-18-47-19-16-41/h5-6,9-14,27,30,33-36,42-43H,2-4,7-8,15-26H2,1H3,(H,39,45)(H,40,44)/t30?,33?,34?,35-,36-/m0/s1. The molecule has 1 saturated carbocycles. The first-order chi connectivity index (χ1) is 23.9. The van der Waals surface area contributed by atoms with Crippen molar-refractivity contribution in [2.75, 3.05) is 59.8 Å². The van der Waals surface area contributed by atoms with Crippen molar-refractivity contribution in [1.82, 2.24) is 15.5 Å². The molecule has 5 rings (SSSR count). The number of nitrogens with one attached hydrogen (secondary N) is 2. The van der Waals surface area contributed by atoms with Gasteiger partial charge in [-0.25, -0.2) is 4.79 Å². The number of nitrogens with zero attached hydrogens (tertiary/aromatic N) is 1. The van der Waals surface area contributed by atoms with Gasteiger partial charge >= 0.3 is 6.09 Å². The molecule has 2 aliphatic carbocycles. The zero-order chi connectivity index (χ0) is 34.4. The fourth-order valence-corrected chi connectivity index (χ4v) is 7.39. The van der Waals surface area contributed by atoms with E-state index in [0.29, 0.717) is 31.8 Å². The summed E-state index contributed by atoms with van der Waals surface area (Å²) in [7, 11) is 1.54. The Kier molecular flexibility index (Phi) is 14.6. The van der Waals surface area contributed by atoms with E-state index in [0.717, 1.165) is 81.0 Å². The van der Waals surface area contributed by atoms with Crippen molar-refractivity contribution in [2.24, 2.45) is 11.8 Å². The van der Waals surface area contributed by atoms with E-state index in [-0.39, 0.29) is 25.5 Å². The quantitative estimate of drug-likeness (QED) is 0.184. The van der Waals surface area contributed by atoms with Gasteiger partial charge in [0.25, 0.3) is 0 Å². The lowest BCUT2D eigenvalue weighted by molar-refractivity contribution is -0.127. The van der Waals surface area contributed by atoms with Gasteiger partial charge in [0.05, 0.1) is 44.1 Å². The van der Waals surface area contributed by atoms with E-state index < -0.39 is 36.3 Å². The Bertz CT molecular complexity index is 1300. The number of aliphatic hydroxyl groups excluding tert-OH is 2. The summed E-state index contributed by atoms with van der Waals surface area (Å²) in [6.07, 6.45) is 4.82. The number of carbonyl (C=O) groups excluding carboxylic acids is 2. The van der Waals surface area contributed by atoms with Gasteiger partial charge in [-0.2, -0.15) is 0 Å². The van der Waals surface area contributed by atoms with Crippen molar-refractivity contribution in [3.05, 3.63) is 65.2 Å². The number of methoxy groups -OCH3 is 1.